The van der Waals surface area contributed by atoms with Gasteiger partial charge in [0.05, 0.1) is 6.10 Å². The van der Waals surface area contributed by atoms with Crippen molar-refractivity contribution in [1.82, 2.24) is 4.90 Å². The first-order valence-electron chi connectivity index (χ1n) is 7.67. The van der Waals surface area contributed by atoms with Crippen molar-refractivity contribution >= 4 is 5.91 Å². The van der Waals surface area contributed by atoms with Gasteiger partial charge >= 0.3 is 0 Å². The summed E-state index contributed by atoms with van der Waals surface area (Å²) in [6.45, 7) is 3.43. The average Bonchev–Trinajstić information content (AvgIpc) is 2.83. The molecule has 0 bridgehead atoms. The highest BCUT2D eigenvalue weighted by atomic mass is 16.3. The lowest BCUT2D eigenvalue weighted by Crippen LogP contribution is -2.35. The number of hydrogen-bond donors (Lipinski definition) is 1. The van der Waals surface area contributed by atoms with Crippen LogP contribution in [0.5, 0.6) is 0 Å². The smallest absolute Gasteiger partial charge is 0.225 e. The van der Waals surface area contributed by atoms with Crippen LogP contribution in [0.25, 0.3) is 0 Å². The second-order valence-corrected chi connectivity index (χ2v) is 6.07. The predicted molar refractivity (Wildman–Crippen MR) is 72.2 cm³/mol. The molecule has 0 aromatic carbocycles. The van der Waals surface area contributed by atoms with Gasteiger partial charge in [-0.15, -0.1) is 0 Å². The monoisotopic (exact) mass is 253 g/mol. The van der Waals surface area contributed by atoms with Gasteiger partial charge in [0, 0.05) is 19.0 Å². The summed E-state index contributed by atoms with van der Waals surface area (Å²) in [6, 6.07) is 0. The van der Waals surface area contributed by atoms with Gasteiger partial charge in [0.2, 0.25) is 5.91 Å². The van der Waals surface area contributed by atoms with E-state index in [1.54, 1.807) is 0 Å². The fourth-order valence-corrected chi connectivity index (χ4v) is 3.47. The Balaban J connectivity index is 1.85. The van der Waals surface area contributed by atoms with E-state index < -0.39 is 0 Å². The zero-order valence-electron chi connectivity index (χ0n) is 11.6. The first kappa shape index (κ1) is 13.9. The van der Waals surface area contributed by atoms with Gasteiger partial charge in [0.15, 0.2) is 0 Å². The summed E-state index contributed by atoms with van der Waals surface area (Å²) in [5, 5.41) is 9.53. The van der Waals surface area contributed by atoms with E-state index in [-0.39, 0.29) is 12.0 Å². The molecule has 1 heterocycles. The number of likely N-dealkylation sites (tertiary alicyclic amines) is 1. The Morgan fingerprint density at radius 2 is 2.00 bits per heavy atom. The molecule has 1 aliphatic heterocycles. The Morgan fingerprint density at radius 3 is 2.56 bits per heavy atom. The third-order valence-electron chi connectivity index (χ3n) is 4.66. The number of amides is 1. The second-order valence-electron chi connectivity index (χ2n) is 6.07. The largest absolute Gasteiger partial charge is 0.391 e. The molecular formula is C15H27NO2. The molecule has 1 saturated heterocycles. The van der Waals surface area contributed by atoms with Crippen LogP contribution in [0.3, 0.4) is 0 Å². The first-order valence-corrected chi connectivity index (χ1v) is 7.67. The van der Waals surface area contributed by atoms with Gasteiger partial charge in [-0.25, -0.2) is 0 Å². The third kappa shape index (κ3) is 3.47. The third-order valence-corrected chi connectivity index (χ3v) is 4.66. The standard InChI is InChI=1S/C15H27NO2/c1-2-13(10-12-6-4-3-5-7-12)15(18)16-9-8-14(17)11-16/h12-14,17H,2-11H2,1H3/t13?,14-/m1/s1. The quantitative estimate of drug-likeness (QED) is 0.836. The molecule has 0 aromatic heterocycles. The summed E-state index contributed by atoms with van der Waals surface area (Å²) in [5.74, 6) is 1.25. The van der Waals surface area contributed by atoms with E-state index in [0.29, 0.717) is 12.5 Å². The predicted octanol–water partition coefficient (Wildman–Crippen LogP) is 2.58. The summed E-state index contributed by atoms with van der Waals surface area (Å²) < 4.78 is 0. The number of aliphatic hydroxyl groups excluding tert-OH is 1. The maximum absolute atomic E-state index is 12.4. The molecule has 104 valence electrons. The van der Waals surface area contributed by atoms with Crippen LogP contribution in [0, 0.1) is 11.8 Å². The Hall–Kier alpha value is -0.570. The SMILES string of the molecule is CCC(CC1CCCCC1)C(=O)N1CC[C@@H](O)C1. The number of carbonyl (C=O) groups excluding carboxylic acids is 1. The zero-order chi connectivity index (χ0) is 13.0. The Kier molecular flexibility index (Phi) is 5.04. The van der Waals surface area contributed by atoms with Gasteiger partial charge in [-0.05, 0) is 25.2 Å². The van der Waals surface area contributed by atoms with Crippen LogP contribution in [0.15, 0.2) is 0 Å². The molecule has 2 rings (SSSR count). The molecule has 1 saturated carbocycles. The van der Waals surface area contributed by atoms with Crippen LogP contribution in [0.1, 0.15) is 58.3 Å². The lowest BCUT2D eigenvalue weighted by Gasteiger charge is -2.28. The Labute approximate surface area is 111 Å². The molecule has 2 aliphatic rings. The van der Waals surface area contributed by atoms with Crippen LogP contribution >= 0.6 is 0 Å². The maximum Gasteiger partial charge on any atom is 0.225 e. The van der Waals surface area contributed by atoms with Crippen LogP contribution in [-0.4, -0.2) is 35.1 Å². The molecule has 3 nitrogen and oxygen atoms in total. The van der Waals surface area contributed by atoms with E-state index in [4.69, 9.17) is 0 Å². The van der Waals surface area contributed by atoms with E-state index in [1.165, 1.54) is 32.1 Å². The van der Waals surface area contributed by atoms with Crippen molar-refractivity contribution in [1.29, 1.82) is 0 Å². The second kappa shape index (κ2) is 6.55. The molecule has 0 aromatic rings. The van der Waals surface area contributed by atoms with Crippen molar-refractivity contribution < 1.29 is 9.90 Å². The molecule has 18 heavy (non-hydrogen) atoms. The van der Waals surface area contributed by atoms with E-state index >= 15 is 0 Å². The molecule has 1 N–H and O–H groups in total. The summed E-state index contributed by atoms with van der Waals surface area (Å²) in [6.07, 6.45) is 9.17. The normalized spacial score (nSPS) is 27.4. The summed E-state index contributed by atoms with van der Waals surface area (Å²) >= 11 is 0. The molecule has 0 spiro atoms. The van der Waals surface area contributed by atoms with E-state index in [9.17, 15) is 9.90 Å². The van der Waals surface area contributed by atoms with Crippen molar-refractivity contribution in [2.75, 3.05) is 13.1 Å². The fraction of sp³-hybridized carbons (Fsp3) is 0.933. The number of aliphatic hydroxyl groups is 1. The topological polar surface area (TPSA) is 40.5 Å². The lowest BCUT2D eigenvalue weighted by atomic mass is 9.81. The molecule has 2 atom stereocenters. The van der Waals surface area contributed by atoms with Gasteiger partial charge < -0.3 is 10.0 Å². The number of hydrogen-bond acceptors (Lipinski definition) is 2. The molecule has 3 heteroatoms. The average molecular weight is 253 g/mol. The van der Waals surface area contributed by atoms with Gasteiger partial charge in [-0.3, -0.25) is 4.79 Å². The van der Waals surface area contributed by atoms with Crippen LogP contribution in [0.2, 0.25) is 0 Å². The molecule has 2 fully saturated rings. The first-order chi connectivity index (χ1) is 8.70. The summed E-state index contributed by atoms with van der Waals surface area (Å²) in [4.78, 5) is 14.3. The molecule has 0 radical (unpaired) electrons. The minimum absolute atomic E-state index is 0.193. The molecule has 1 aliphatic carbocycles. The highest BCUT2D eigenvalue weighted by Crippen LogP contribution is 2.31. The van der Waals surface area contributed by atoms with Crippen molar-refractivity contribution in [2.45, 2.75) is 64.4 Å². The van der Waals surface area contributed by atoms with E-state index in [0.717, 1.165) is 31.7 Å². The number of rotatable bonds is 4. The molecular weight excluding hydrogens is 226 g/mol. The van der Waals surface area contributed by atoms with Gasteiger partial charge in [0.1, 0.15) is 0 Å². The van der Waals surface area contributed by atoms with Gasteiger partial charge in [-0.1, -0.05) is 39.0 Å². The van der Waals surface area contributed by atoms with Crippen molar-refractivity contribution in [3.05, 3.63) is 0 Å². The number of β-amino-alcohol motifs (C(OH)–C–C–N with tert-alkyl or cyclic N) is 1. The maximum atomic E-state index is 12.4. The van der Waals surface area contributed by atoms with Gasteiger partial charge in [0.25, 0.3) is 0 Å². The van der Waals surface area contributed by atoms with Crippen molar-refractivity contribution in [2.24, 2.45) is 11.8 Å². The van der Waals surface area contributed by atoms with Crippen molar-refractivity contribution in [3.63, 3.8) is 0 Å². The highest BCUT2D eigenvalue weighted by Gasteiger charge is 2.30. The van der Waals surface area contributed by atoms with E-state index in [1.807, 2.05) is 4.90 Å². The lowest BCUT2D eigenvalue weighted by molar-refractivity contribution is -0.135. The van der Waals surface area contributed by atoms with Crippen LogP contribution in [-0.2, 0) is 4.79 Å². The van der Waals surface area contributed by atoms with Gasteiger partial charge in [-0.2, -0.15) is 0 Å². The Morgan fingerprint density at radius 1 is 1.28 bits per heavy atom. The molecule has 1 unspecified atom stereocenters. The number of nitrogens with zero attached hydrogens (tertiary/aromatic N) is 1. The number of carbonyl (C=O) groups is 1. The Bertz CT molecular complexity index is 274. The van der Waals surface area contributed by atoms with Crippen LogP contribution < -0.4 is 0 Å². The molecule has 1 amide bonds. The minimum Gasteiger partial charge on any atom is -0.391 e. The van der Waals surface area contributed by atoms with E-state index in [2.05, 4.69) is 6.92 Å². The summed E-state index contributed by atoms with van der Waals surface area (Å²) in [5.41, 5.74) is 0. The fourth-order valence-electron chi connectivity index (χ4n) is 3.47. The highest BCUT2D eigenvalue weighted by molar-refractivity contribution is 5.79. The minimum atomic E-state index is -0.291. The van der Waals surface area contributed by atoms with Crippen LogP contribution in [0.4, 0.5) is 0 Å². The zero-order valence-corrected chi connectivity index (χ0v) is 11.6. The summed E-state index contributed by atoms with van der Waals surface area (Å²) in [7, 11) is 0. The van der Waals surface area contributed by atoms with Crippen molar-refractivity contribution in [3.8, 4) is 0 Å².